The van der Waals surface area contributed by atoms with Crippen molar-refractivity contribution in [1.29, 1.82) is 0 Å². The molecule has 0 atom stereocenters. The summed E-state index contributed by atoms with van der Waals surface area (Å²) in [5, 5.41) is 0. The smallest absolute Gasteiger partial charge is 0.228 e. The van der Waals surface area contributed by atoms with E-state index in [1.807, 2.05) is 12.1 Å². The van der Waals surface area contributed by atoms with Crippen LogP contribution in [0.2, 0.25) is 0 Å². The molecule has 1 aliphatic rings. The number of carbonyl (C=O) groups excluding carboxylic acids is 1. The molecule has 1 heterocycles. The maximum Gasteiger partial charge on any atom is 0.228 e. The van der Waals surface area contributed by atoms with Crippen molar-refractivity contribution in [3.63, 3.8) is 0 Å². The standard InChI is InChI=1S/C13H12N2O2/c16-12(13-14-7-8-15-13)9-1-3-10(4-2-9)17-11-5-6-11/h1-4,7-8,11H,5-6H2,(H,14,15). The van der Waals surface area contributed by atoms with Crippen LogP contribution in [0.25, 0.3) is 0 Å². The monoisotopic (exact) mass is 228 g/mol. The molecule has 1 aromatic heterocycles. The highest BCUT2D eigenvalue weighted by Gasteiger charge is 2.23. The number of carbonyl (C=O) groups is 1. The van der Waals surface area contributed by atoms with Gasteiger partial charge in [-0.15, -0.1) is 0 Å². The number of H-pyrrole nitrogens is 1. The van der Waals surface area contributed by atoms with Gasteiger partial charge in [0.2, 0.25) is 5.78 Å². The SMILES string of the molecule is O=C(c1ccc(OC2CC2)cc1)c1ncc[nH]1. The molecule has 0 saturated heterocycles. The van der Waals surface area contributed by atoms with Crippen molar-refractivity contribution in [2.45, 2.75) is 18.9 Å². The first kappa shape index (κ1) is 10.1. The van der Waals surface area contributed by atoms with Gasteiger partial charge in [0.25, 0.3) is 0 Å². The fourth-order valence-electron chi connectivity index (χ4n) is 1.59. The number of rotatable bonds is 4. The number of hydrogen-bond donors (Lipinski definition) is 1. The van der Waals surface area contributed by atoms with Crippen molar-refractivity contribution in [1.82, 2.24) is 9.97 Å². The Morgan fingerprint density at radius 1 is 1.29 bits per heavy atom. The molecular formula is C13H12N2O2. The van der Waals surface area contributed by atoms with Crippen LogP contribution in [0.5, 0.6) is 5.75 Å². The van der Waals surface area contributed by atoms with Crippen LogP contribution in [0, 0.1) is 0 Å². The van der Waals surface area contributed by atoms with E-state index in [-0.39, 0.29) is 5.78 Å². The third-order valence-corrected chi connectivity index (χ3v) is 2.66. The molecule has 2 aromatic rings. The molecule has 86 valence electrons. The first-order valence-electron chi connectivity index (χ1n) is 5.64. The number of imidazole rings is 1. The third kappa shape index (κ3) is 2.20. The zero-order valence-electron chi connectivity index (χ0n) is 9.22. The molecule has 3 rings (SSSR count). The molecule has 17 heavy (non-hydrogen) atoms. The minimum absolute atomic E-state index is 0.104. The minimum atomic E-state index is -0.104. The van der Waals surface area contributed by atoms with Crippen molar-refractivity contribution < 1.29 is 9.53 Å². The van der Waals surface area contributed by atoms with E-state index in [2.05, 4.69) is 9.97 Å². The Hall–Kier alpha value is -2.10. The number of hydrogen-bond acceptors (Lipinski definition) is 3. The molecule has 0 aliphatic heterocycles. The first-order valence-corrected chi connectivity index (χ1v) is 5.64. The topological polar surface area (TPSA) is 55.0 Å². The number of ketones is 1. The van der Waals surface area contributed by atoms with Crippen LogP contribution in [-0.2, 0) is 0 Å². The van der Waals surface area contributed by atoms with Gasteiger partial charge >= 0.3 is 0 Å². The summed E-state index contributed by atoms with van der Waals surface area (Å²) >= 11 is 0. The maximum absolute atomic E-state index is 11.9. The summed E-state index contributed by atoms with van der Waals surface area (Å²) < 4.78 is 5.62. The van der Waals surface area contributed by atoms with Crippen LogP contribution < -0.4 is 4.74 Å². The van der Waals surface area contributed by atoms with Gasteiger partial charge in [-0.3, -0.25) is 4.79 Å². The van der Waals surface area contributed by atoms with E-state index >= 15 is 0 Å². The van der Waals surface area contributed by atoms with Gasteiger partial charge in [-0.2, -0.15) is 0 Å². The van der Waals surface area contributed by atoms with E-state index in [0.717, 1.165) is 18.6 Å². The Labute approximate surface area is 98.6 Å². The van der Waals surface area contributed by atoms with Crippen molar-refractivity contribution in [3.05, 3.63) is 48.0 Å². The third-order valence-electron chi connectivity index (χ3n) is 2.66. The van der Waals surface area contributed by atoms with Gasteiger partial charge < -0.3 is 9.72 Å². The molecule has 0 unspecified atom stereocenters. The van der Waals surface area contributed by atoms with Crippen LogP contribution in [0.4, 0.5) is 0 Å². The summed E-state index contributed by atoms with van der Waals surface area (Å²) in [6.45, 7) is 0. The predicted molar refractivity (Wildman–Crippen MR) is 62.1 cm³/mol. The Bertz CT molecular complexity index is 513. The lowest BCUT2D eigenvalue weighted by atomic mass is 10.1. The van der Waals surface area contributed by atoms with Crippen LogP contribution in [0.3, 0.4) is 0 Å². The summed E-state index contributed by atoms with van der Waals surface area (Å²) in [5.74, 6) is 1.08. The molecule has 1 fully saturated rings. The van der Waals surface area contributed by atoms with Crippen LogP contribution in [-0.4, -0.2) is 21.9 Å². The molecule has 4 nitrogen and oxygen atoms in total. The molecule has 1 saturated carbocycles. The predicted octanol–water partition coefficient (Wildman–Crippen LogP) is 2.18. The second-order valence-electron chi connectivity index (χ2n) is 4.11. The van der Waals surface area contributed by atoms with Crippen molar-refractivity contribution in [3.8, 4) is 5.75 Å². The van der Waals surface area contributed by atoms with Gasteiger partial charge in [0.1, 0.15) is 5.75 Å². The zero-order chi connectivity index (χ0) is 11.7. The van der Waals surface area contributed by atoms with Crippen LogP contribution >= 0.6 is 0 Å². The Kier molecular flexibility index (Phi) is 2.40. The lowest BCUT2D eigenvalue weighted by Crippen LogP contribution is -2.03. The molecule has 0 bridgehead atoms. The Morgan fingerprint density at radius 3 is 2.65 bits per heavy atom. The normalized spacial score (nSPS) is 14.6. The number of nitrogens with one attached hydrogen (secondary N) is 1. The molecule has 0 radical (unpaired) electrons. The fraction of sp³-hybridized carbons (Fsp3) is 0.231. The number of benzene rings is 1. The van der Waals surface area contributed by atoms with Gasteiger partial charge in [-0.25, -0.2) is 4.98 Å². The van der Waals surface area contributed by atoms with Crippen molar-refractivity contribution in [2.75, 3.05) is 0 Å². The van der Waals surface area contributed by atoms with Gasteiger partial charge in [-0.05, 0) is 37.1 Å². The summed E-state index contributed by atoms with van der Waals surface area (Å²) in [4.78, 5) is 18.7. The molecule has 0 amide bonds. The average molecular weight is 228 g/mol. The lowest BCUT2D eigenvalue weighted by Gasteiger charge is -2.04. The van der Waals surface area contributed by atoms with Crippen LogP contribution in [0.15, 0.2) is 36.7 Å². The molecule has 0 spiro atoms. The van der Waals surface area contributed by atoms with Gasteiger partial charge in [0.05, 0.1) is 6.10 Å². The highest BCUT2D eigenvalue weighted by Crippen LogP contribution is 2.26. The molecule has 1 aromatic carbocycles. The van der Waals surface area contributed by atoms with E-state index < -0.39 is 0 Å². The summed E-state index contributed by atoms with van der Waals surface area (Å²) in [7, 11) is 0. The average Bonchev–Trinajstić information content (AvgIpc) is 3.00. The van der Waals surface area contributed by atoms with Gasteiger partial charge in [0.15, 0.2) is 5.82 Å². The first-order chi connectivity index (χ1) is 8.33. The number of aromatic amines is 1. The van der Waals surface area contributed by atoms with Crippen molar-refractivity contribution >= 4 is 5.78 Å². The lowest BCUT2D eigenvalue weighted by molar-refractivity contribution is 0.103. The van der Waals surface area contributed by atoms with E-state index in [1.54, 1.807) is 24.5 Å². The fourth-order valence-corrected chi connectivity index (χ4v) is 1.59. The van der Waals surface area contributed by atoms with Gasteiger partial charge in [-0.1, -0.05) is 0 Å². The minimum Gasteiger partial charge on any atom is -0.490 e. The Balaban J connectivity index is 1.77. The summed E-state index contributed by atoms with van der Waals surface area (Å²) in [5.41, 5.74) is 0.614. The maximum atomic E-state index is 11.9. The van der Waals surface area contributed by atoms with E-state index in [9.17, 15) is 4.79 Å². The van der Waals surface area contributed by atoms with Gasteiger partial charge in [0, 0.05) is 18.0 Å². The second-order valence-corrected chi connectivity index (χ2v) is 4.11. The van der Waals surface area contributed by atoms with E-state index in [1.165, 1.54) is 0 Å². The quantitative estimate of drug-likeness (QED) is 0.816. The molecule has 4 heteroatoms. The van der Waals surface area contributed by atoms with E-state index in [4.69, 9.17) is 4.74 Å². The van der Waals surface area contributed by atoms with E-state index in [0.29, 0.717) is 17.5 Å². The number of aromatic nitrogens is 2. The second kappa shape index (κ2) is 4.05. The van der Waals surface area contributed by atoms with Crippen LogP contribution in [0.1, 0.15) is 29.0 Å². The van der Waals surface area contributed by atoms with Crippen molar-refractivity contribution in [2.24, 2.45) is 0 Å². The summed E-state index contributed by atoms with van der Waals surface area (Å²) in [6, 6.07) is 7.19. The largest absolute Gasteiger partial charge is 0.490 e. The zero-order valence-corrected chi connectivity index (χ0v) is 9.22. The number of ether oxygens (including phenoxy) is 1. The number of nitrogens with zero attached hydrogens (tertiary/aromatic N) is 1. The highest BCUT2D eigenvalue weighted by molar-refractivity contribution is 6.06. The highest BCUT2D eigenvalue weighted by atomic mass is 16.5. The molecule has 1 N–H and O–H groups in total. The molecule has 1 aliphatic carbocycles. The summed E-state index contributed by atoms with van der Waals surface area (Å²) in [6.07, 6.45) is 5.84. The Morgan fingerprint density at radius 2 is 2.06 bits per heavy atom. The molecular weight excluding hydrogens is 216 g/mol.